The summed E-state index contributed by atoms with van der Waals surface area (Å²) in [4.78, 5) is 17.4. The van der Waals surface area contributed by atoms with Crippen LogP contribution < -0.4 is 5.32 Å². The first-order valence-electron chi connectivity index (χ1n) is 6.61. The third-order valence-electron chi connectivity index (χ3n) is 3.06. The second-order valence-corrected chi connectivity index (χ2v) is 5.73. The summed E-state index contributed by atoms with van der Waals surface area (Å²) in [5.41, 5.74) is 2.77. The van der Waals surface area contributed by atoms with Crippen molar-refractivity contribution in [1.29, 1.82) is 0 Å². The summed E-state index contributed by atoms with van der Waals surface area (Å²) in [5, 5.41) is 3.81. The predicted molar refractivity (Wildman–Crippen MR) is 87.8 cm³/mol. The minimum atomic E-state index is -0.112. The molecule has 0 bridgehead atoms. The molecule has 1 amide bonds. The van der Waals surface area contributed by atoms with Crippen LogP contribution in [0.5, 0.6) is 0 Å². The summed E-state index contributed by atoms with van der Waals surface area (Å²) in [6, 6.07) is 17.5. The summed E-state index contributed by atoms with van der Waals surface area (Å²) in [5.74, 6) is 0. The zero-order valence-corrected chi connectivity index (χ0v) is 12.4. The molecule has 0 saturated carbocycles. The number of para-hydroxylation sites is 1. The van der Waals surface area contributed by atoms with Gasteiger partial charge in [-0.25, -0.2) is 0 Å². The molecular formula is C17H14N2OS. The lowest BCUT2D eigenvalue weighted by Crippen LogP contribution is -2.04. The Labute approximate surface area is 127 Å². The Hall–Kier alpha value is -2.33. The average molecular weight is 294 g/mol. The average Bonchev–Trinajstić information content (AvgIpc) is 2.47. The van der Waals surface area contributed by atoms with Gasteiger partial charge in [0.1, 0.15) is 0 Å². The molecular weight excluding hydrogens is 280 g/mol. The van der Waals surface area contributed by atoms with Crippen LogP contribution in [-0.2, 0) is 0 Å². The molecule has 21 heavy (non-hydrogen) atoms. The van der Waals surface area contributed by atoms with E-state index in [9.17, 15) is 4.79 Å². The monoisotopic (exact) mass is 294 g/mol. The Morgan fingerprint density at radius 1 is 1.10 bits per heavy atom. The molecule has 0 radical (unpaired) electrons. The van der Waals surface area contributed by atoms with Gasteiger partial charge in [-0.05, 0) is 48.5 Å². The number of hydrogen-bond donors (Lipinski definition) is 1. The van der Waals surface area contributed by atoms with Gasteiger partial charge in [0, 0.05) is 22.2 Å². The Morgan fingerprint density at radius 3 is 2.76 bits per heavy atom. The van der Waals surface area contributed by atoms with Gasteiger partial charge < -0.3 is 5.32 Å². The van der Waals surface area contributed by atoms with E-state index in [0.29, 0.717) is 0 Å². The van der Waals surface area contributed by atoms with Gasteiger partial charge in [-0.1, -0.05) is 30.3 Å². The Kier molecular flexibility index (Phi) is 3.88. The topological polar surface area (TPSA) is 42.0 Å². The molecule has 0 fully saturated rings. The molecule has 0 atom stereocenters. The molecule has 3 aromatic rings. The van der Waals surface area contributed by atoms with Crippen LogP contribution in [0.2, 0.25) is 0 Å². The number of carbonyl (C=O) groups is 1. The van der Waals surface area contributed by atoms with Crippen molar-refractivity contribution in [2.45, 2.75) is 11.8 Å². The van der Waals surface area contributed by atoms with Gasteiger partial charge in [0.25, 0.3) is 5.24 Å². The van der Waals surface area contributed by atoms with E-state index in [1.54, 1.807) is 6.20 Å². The van der Waals surface area contributed by atoms with Crippen LogP contribution in [0.3, 0.4) is 0 Å². The molecule has 1 N–H and O–H groups in total. The van der Waals surface area contributed by atoms with Crippen LogP contribution in [-0.4, -0.2) is 10.2 Å². The zero-order valence-electron chi connectivity index (χ0n) is 11.5. The number of nitrogens with zero attached hydrogens (tertiary/aromatic N) is 1. The number of thioether (sulfide) groups is 1. The van der Waals surface area contributed by atoms with Crippen molar-refractivity contribution in [3.05, 3.63) is 66.4 Å². The third kappa shape index (κ3) is 3.23. The minimum absolute atomic E-state index is 0.112. The second kappa shape index (κ2) is 5.97. The summed E-state index contributed by atoms with van der Waals surface area (Å²) < 4.78 is 0. The molecule has 0 saturated heterocycles. The van der Waals surface area contributed by atoms with E-state index in [0.717, 1.165) is 38.8 Å². The first-order chi connectivity index (χ1) is 10.2. The Morgan fingerprint density at radius 2 is 1.90 bits per heavy atom. The molecule has 3 nitrogen and oxygen atoms in total. The zero-order chi connectivity index (χ0) is 14.7. The molecule has 4 heteroatoms. The van der Waals surface area contributed by atoms with Gasteiger partial charge in [-0.3, -0.25) is 9.78 Å². The fourth-order valence-corrected chi connectivity index (χ4v) is 2.91. The van der Waals surface area contributed by atoms with E-state index >= 15 is 0 Å². The lowest BCUT2D eigenvalue weighted by atomic mass is 10.2. The van der Waals surface area contributed by atoms with Gasteiger partial charge in [-0.15, -0.1) is 0 Å². The van der Waals surface area contributed by atoms with E-state index in [4.69, 9.17) is 0 Å². The smallest absolute Gasteiger partial charge is 0.288 e. The predicted octanol–water partition coefficient (Wildman–Crippen LogP) is 4.87. The number of carbonyl (C=O) groups excluding carboxylic acids is 1. The maximum absolute atomic E-state index is 12.2. The van der Waals surface area contributed by atoms with Crippen LogP contribution in [0.4, 0.5) is 10.5 Å². The van der Waals surface area contributed by atoms with E-state index in [2.05, 4.69) is 10.3 Å². The molecule has 0 unspecified atom stereocenters. The SMILES string of the molecule is Cc1cccc(NC(=O)Sc2cccc3cccnc23)c1. The number of aryl methyl sites for hydroxylation is 1. The lowest BCUT2D eigenvalue weighted by molar-refractivity contribution is 0.270. The van der Waals surface area contributed by atoms with Crippen LogP contribution >= 0.6 is 11.8 Å². The van der Waals surface area contributed by atoms with E-state index in [1.807, 2.05) is 61.5 Å². The number of aromatic nitrogens is 1. The number of pyridine rings is 1. The highest BCUT2D eigenvalue weighted by molar-refractivity contribution is 8.14. The number of hydrogen-bond acceptors (Lipinski definition) is 3. The highest BCUT2D eigenvalue weighted by atomic mass is 32.2. The van der Waals surface area contributed by atoms with Crippen molar-refractivity contribution in [3.8, 4) is 0 Å². The molecule has 0 aliphatic heterocycles. The first-order valence-corrected chi connectivity index (χ1v) is 7.43. The van der Waals surface area contributed by atoms with Crippen molar-refractivity contribution >= 4 is 33.6 Å². The first kappa shape index (κ1) is 13.6. The van der Waals surface area contributed by atoms with Gasteiger partial charge in [0.2, 0.25) is 0 Å². The fraction of sp³-hybridized carbons (Fsp3) is 0.0588. The van der Waals surface area contributed by atoms with Crippen molar-refractivity contribution in [2.24, 2.45) is 0 Å². The molecule has 0 spiro atoms. The standard InChI is InChI=1S/C17H14N2OS/c1-12-5-2-8-14(11-12)19-17(20)21-15-9-3-6-13-7-4-10-18-16(13)15/h2-11H,1H3,(H,19,20). The second-order valence-electron chi connectivity index (χ2n) is 4.72. The third-order valence-corrected chi connectivity index (χ3v) is 3.90. The minimum Gasteiger partial charge on any atom is -0.317 e. The molecule has 0 aliphatic rings. The molecule has 0 aliphatic carbocycles. The van der Waals surface area contributed by atoms with Crippen LogP contribution in [0, 0.1) is 6.92 Å². The summed E-state index contributed by atoms with van der Waals surface area (Å²) >= 11 is 1.16. The van der Waals surface area contributed by atoms with Crippen molar-refractivity contribution in [2.75, 3.05) is 5.32 Å². The summed E-state index contributed by atoms with van der Waals surface area (Å²) in [6.07, 6.45) is 1.74. The number of fused-ring (bicyclic) bond motifs is 1. The highest BCUT2D eigenvalue weighted by Gasteiger charge is 2.09. The van der Waals surface area contributed by atoms with Gasteiger partial charge in [0.15, 0.2) is 0 Å². The van der Waals surface area contributed by atoms with Crippen molar-refractivity contribution in [1.82, 2.24) is 4.98 Å². The van der Waals surface area contributed by atoms with Gasteiger partial charge in [-0.2, -0.15) is 0 Å². The van der Waals surface area contributed by atoms with E-state index in [1.165, 1.54) is 0 Å². The number of anilines is 1. The van der Waals surface area contributed by atoms with Crippen LogP contribution in [0.1, 0.15) is 5.56 Å². The van der Waals surface area contributed by atoms with Crippen LogP contribution in [0.25, 0.3) is 10.9 Å². The fourth-order valence-electron chi connectivity index (χ4n) is 2.12. The van der Waals surface area contributed by atoms with Gasteiger partial charge >= 0.3 is 0 Å². The molecule has 104 valence electrons. The van der Waals surface area contributed by atoms with Crippen LogP contribution in [0.15, 0.2) is 65.7 Å². The molecule has 1 heterocycles. The Bertz CT molecular complexity index is 796. The highest BCUT2D eigenvalue weighted by Crippen LogP contribution is 2.27. The van der Waals surface area contributed by atoms with Crippen molar-refractivity contribution in [3.63, 3.8) is 0 Å². The lowest BCUT2D eigenvalue weighted by Gasteiger charge is -2.07. The molecule has 3 rings (SSSR count). The maximum Gasteiger partial charge on any atom is 0.288 e. The number of benzene rings is 2. The number of amides is 1. The Balaban J connectivity index is 1.80. The molecule has 1 aromatic heterocycles. The van der Waals surface area contributed by atoms with E-state index < -0.39 is 0 Å². The number of rotatable bonds is 2. The summed E-state index contributed by atoms with van der Waals surface area (Å²) in [6.45, 7) is 2.00. The molecule has 2 aromatic carbocycles. The normalized spacial score (nSPS) is 10.5. The largest absolute Gasteiger partial charge is 0.317 e. The summed E-state index contributed by atoms with van der Waals surface area (Å²) in [7, 11) is 0. The van der Waals surface area contributed by atoms with Crippen molar-refractivity contribution < 1.29 is 4.79 Å². The van der Waals surface area contributed by atoms with E-state index in [-0.39, 0.29) is 5.24 Å². The number of nitrogens with one attached hydrogen (secondary N) is 1. The maximum atomic E-state index is 12.2. The quantitative estimate of drug-likeness (QED) is 0.686. The van der Waals surface area contributed by atoms with Gasteiger partial charge in [0.05, 0.1) is 5.52 Å².